The van der Waals surface area contributed by atoms with Crippen molar-refractivity contribution in [1.82, 2.24) is 0 Å². The number of hydrogen-bond donors (Lipinski definition) is 0. The van der Waals surface area contributed by atoms with E-state index in [1.54, 1.807) is 7.11 Å². The Hall–Kier alpha value is -0.980. The fourth-order valence-corrected chi connectivity index (χ4v) is 1.40. The van der Waals surface area contributed by atoms with Gasteiger partial charge < -0.3 is 4.74 Å². The number of methoxy groups -OCH3 is 1. The molecular weight excluding hydrogens is 160 g/mol. The Balaban J connectivity index is 2.98. The lowest BCUT2D eigenvalue weighted by Gasteiger charge is -2.18. The molecule has 0 spiro atoms. The summed E-state index contributed by atoms with van der Waals surface area (Å²) in [6.45, 7) is 6.71. The van der Waals surface area contributed by atoms with Gasteiger partial charge in [-0.05, 0) is 23.5 Å². The zero-order valence-corrected chi connectivity index (χ0v) is 8.87. The first kappa shape index (κ1) is 10.1. The standard InChI is InChI=1S/C12H18O/c1-9(2)10(3)11-7-5-6-8-12(11)13-4/h5-10H,1-4H3/t10-/m0/s1. The van der Waals surface area contributed by atoms with Crippen LogP contribution in [0, 0.1) is 5.92 Å². The van der Waals surface area contributed by atoms with Crippen molar-refractivity contribution in [2.24, 2.45) is 5.92 Å². The Labute approximate surface area is 80.7 Å². The minimum atomic E-state index is 0.552. The van der Waals surface area contributed by atoms with Gasteiger partial charge in [0.2, 0.25) is 0 Å². The highest BCUT2D eigenvalue weighted by atomic mass is 16.5. The van der Waals surface area contributed by atoms with Gasteiger partial charge in [0.25, 0.3) is 0 Å². The average Bonchev–Trinajstić information content (AvgIpc) is 2.16. The van der Waals surface area contributed by atoms with Crippen LogP contribution < -0.4 is 4.74 Å². The second-order valence-electron chi connectivity index (χ2n) is 3.77. The summed E-state index contributed by atoms with van der Waals surface area (Å²) in [6.07, 6.45) is 0. The second-order valence-corrected chi connectivity index (χ2v) is 3.77. The molecule has 0 radical (unpaired) electrons. The van der Waals surface area contributed by atoms with E-state index in [1.807, 2.05) is 12.1 Å². The van der Waals surface area contributed by atoms with E-state index in [4.69, 9.17) is 4.74 Å². The summed E-state index contributed by atoms with van der Waals surface area (Å²) in [5.74, 6) is 2.20. The van der Waals surface area contributed by atoms with Crippen LogP contribution in [0.3, 0.4) is 0 Å². The fourth-order valence-electron chi connectivity index (χ4n) is 1.40. The number of ether oxygens (including phenoxy) is 1. The maximum atomic E-state index is 5.32. The monoisotopic (exact) mass is 178 g/mol. The molecule has 1 nitrogen and oxygen atoms in total. The van der Waals surface area contributed by atoms with E-state index in [2.05, 4.69) is 32.9 Å². The van der Waals surface area contributed by atoms with Gasteiger partial charge in [-0.3, -0.25) is 0 Å². The maximum Gasteiger partial charge on any atom is 0.122 e. The van der Waals surface area contributed by atoms with Gasteiger partial charge in [-0.15, -0.1) is 0 Å². The molecule has 0 bridgehead atoms. The van der Waals surface area contributed by atoms with Crippen LogP contribution in [0.15, 0.2) is 24.3 Å². The van der Waals surface area contributed by atoms with Gasteiger partial charge >= 0.3 is 0 Å². The lowest BCUT2D eigenvalue weighted by Crippen LogP contribution is -2.03. The average molecular weight is 178 g/mol. The highest BCUT2D eigenvalue weighted by Gasteiger charge is 2.13. The number of hydrogen-bond acceptors (Lipinski definition) is 1. The maximum absolute atomic E-state index is 5.32. The zero-order chi connectivity index (χ0) is 9.84. The summed E-state index contributed by atoms with van der Waals surface area (Å²) in [5, 5.41) is 0. The smallest absolute Gasteiger partial charge is 0.122 e. The molecule has 0 unspecified atom stereocenters. The van der Waals surface area contributed by atoms with Gasteiger partial charge in [-0.25, -0.2) is 0 Å². The predicted octanol–water partition coefficient (Wildman–Crippen LogP) is 3.45. The van der Waals surface area contributed by atoms with E-state index in [-0.39, 0.29) is 0 Å². The third-order valence-electron chi connectivity index (χ3n) is 2.63. The van der Waals surface area contributed by atoms with Crippen LogP contribution in [0.2, 0.25) is 0 Å². The van der Waals surface area contributed by atoms with Crippen LogP contribution >= 0.6 is 0 Å². The highest BCUT2D eigenvalue weighted by molar-refractivity contribution is 5.36. The molecule has 0 aliphatic carbocycles. The van der Waals surface area contributed by atoms with Crippen molar-refractivity contribution in [2.75, 3.05) is 7.11 Å². The fraction of sp³-hybridized carbons (Fsp3) is 0.500. The summed E-state index contributed by atoms with van der Waals surface area (Å²) in [4.78, 5) is 0. The van der Waals surface area contributed by atoms with Crippen LogP contribution in [0.5, 0.6) is 5.75 Å². The summed E-state index contributed by atoms with van der Waals surface area (Å²) in [6, 6.07) is 8.24. The first-order valence-corrected chi connectivity index (χ1v) is 4.79. The normalized spacial score (nSPS) is 13.0. The van der Waals surface area contributed by atoms with Crippen LogP contribution in [0.1, 0.15) is 32.3 Å². The molecule has 1 rings (SSSR count). The van der Waals surface area contributed by atoms with Gasteiger partial charge in [-0.1, -0.05) is 39.0 Å². The Morgan fingerprint density at radius 2 is 1.69 bits per heavy atom. The Morgan fingerprint density at radius 1 is 1.08 bits per heavy atom. The first-order chi connectivity index (χ1) is 6.16. The van der Waals surface area contributed by atoms with E-state index in [1.165, 1.54) is 5.56 Å². The van der Waals surface area contributed by atoms with Crippen LogP contribution in [0.4, 0.5) is 0 Å². The van der Waals surface area contributed by atoms with Crippen molar-refractivity contribution >= 4 is 0 Å². The molecule has 0 saturated carbocycles. The topological polar surface area (TPSA) is 9.23 Å². The molecule has 0 saturated heterocycles. The molecule has 0 N–H and O–H groups in total. The van der Waals surface area contributed by atoms with Crippen molar-refractivity contribution < 1.29 is 4.74 Å². The molecule has 1 aromatic carbocycles. The van der Waals surface area contributed by atoms with Crippen LogP contribution in [0.25, 0.3) is 0 Å². The molecule has 0 fully saturated rings. The summed E-state index contributed by atoms with van der Waals surface area (Å²) < 4.78 is 5.32. The highest BCUT2D eigenvalue weighted by Crippen LogP contribution is 2.30. The molecule has 1 aromatic rings. The van der Waals surface area contributed by atoms with Crippen molar-refractivity contribution in [2.45, 2.75) is 26.7 Å². The van der Waals surface area contributed by atoms with Crippen LogP contribution in [-0.2, 0) is 0 Å². The Morgan fingerprint density at radius 3 is 2.23 bits per heavy atom. The molecule has 13 heavy (non-hydrogen) atoms. The quantitative estimate of drug-likeness (QED) is 0.688. The summed E-state index contributed by atoms with van der Waals surface area (Å²) in [7, 11) is 1.73. The van der Waals surface area contributed by atoms with E-state index in [0.29, 0.717) is 11.8 Å². The van der Waals surface area contributed by atoms with E-state index < -0.39 is 0 Å². The molecule has 0 aliphatic rings. The van der Waals surface area contributed by atoms with E-state index >= 15 is 0 Å². The second kappa shape index (κ2) is 4.31. The molecule has 0 aliphatic heterocycles. The molecule has 0 aromatic heterocycles. The Kier molecular flexibility index (Phi) is 3.35. The molecule has 72 valence electrons. The molecule has 1 atom stereocenters. The van der Waals surface area contributed by atoms with Crippen molar-refractivity contribution in [3.05, 3.63) is 29.8 Å². The van der Waals surface area contributed by atoms with Gasteiger partial charge in [-0.2, -0.15) is 0 Å². The van der Waals surface area contributed by atoms with E-state index in [0.717, 1.165) is 5.75 Å². The Bertz CT molecular complexity index is 266. The van der Waals surface area contributed by atoms with Crippen molar-refractivity contribution in [3.63, 3.8) is 0 Å². The van der Waals surface area contributed by atoms with Crippen molar-refractivity contribution in [1.29, 1.82) is 0 Å². The van der Waals surface area contributed by atoms with Gasteiger partial charge in [0.05, 0.1) is 7.11 Å². The third-order valence-corrected chi connectivity index (χ3v) is 2.63. The zero-order valence-electron chi connectivity index (χ0n) is 8.87. The number of para-hydroxylation sites is 1. The van der Waals surface area contributed by atoms with Gasteiger partial charge in [0.15, 0.2) is 0 Å². The first-order valence-electron chi connectivity index (χ1n) is 4.79. The van der Waals surface area contributed by atoms with Crippen LogP contribution in [-0.4, -0.2) is 7.11 Å². The number of benzene rings is 1. The van der Waals surface area contributed by atoms with Gasteiger partial charge in [0, 0.05) is 0 Å². The molecule has 0 amide bonds. The molecular formula is C12H18O. The summed E-state index contributed by atoms with van der Waals surface area (Å²) in [5.41, 5.74) is 1.31. The lowest BCUT2D eigenvalue weighted by atomic mass is 9.90. The predicted molar refractivity (Wildman–Crippen MR) is 56.2 cm³/mol. The largest absolute Gasteiger partial charge is 0.496 e. The SMILES string of the molecule is COc1ccccc1[C@@H](C)C(C)C. The third kappa shape index (κ3) is 2.24. The molecule has 1 heteroatoms. The lowest BCUT2D eigenvalue weighted by molar-refractivity contribution is 0.399. The van der Waals surface area contributed by atoms with Gasteiger partial charge in [0.1, 0.15) is 5.75 Å². The van der Waals surface area contributed by atoms with Crippen molar-refractivity contribution in [3.8, 4) is 5.75 Å². The summed E-state index contributed by atoms with van der Waals surface area (Å²) >= 11 is 0. The number of rotatable bonds is 3. The van der Waals surface area contributed by atoms with E-state index in [9.17, 15) is 0 Å². The minimum absolute atomic E-state index is 0.552. The minimum Gasteiger partial charge on any atom is -0.496 e. The molecule has 0 heterocycles.